The molecule has 2 aromatic carbocycles. The molecule has 7 heteroatoms. The number of nitrogens with one attached hydrogen (secondary N) is 2. The number of rotatable bonds is 9. The molecule has 0 aliphatic rings. The van der Waals surface area contributed by atoms with Gasteiger partial charge in [0.1, 0.15) is 6.61 Å². The zero-order chi connectivity index (χ0) is 19.6. The van der Waals surface area contributed by atoms with E-state index in [0.717, 1.165) is 5.56 Å². The molecule has 0 aliphatic carbocycles. The van der Waals surface area contributed by atoms with Crippen LogP contribution < -0.4 is 20.1 Å². The monoisotopic (exact) mass is 372 g/mol. The zero-order valence-corrected chi connectivity index (χ0v) is 15.7. The van der Waals surface area contributed by atoms with Crippen LogP contribution in [0.2, 0.25) is 0 Å². The fourth-order valence-corrected chi connectivity index (χ4v) is 2.56. The van der Waals surface area contributed by atoms with Crippen LogP contribution in [0.15, 0.2) is 42.5 Å². The number of methoxy groups -OCH3 is 3. The largest absolute Gasteiger partial charge is 0.493 e. The van der Waals surface area contributed by atoms with Crippen LogP contribution in [-0.4, -0.2) is 46.3 Å². The van der Waals surface area contributed by atoms with Crippen LogP contribution in [0, 0.1) is 0 Å². The average molecular weight is 372 g/mol. The number of ether oxygens (including phenoxy) is 3. The third-order valence-corrected chi connectivity index (χ3v) is 3.87. The molecule has 0 heterocycles. The number of hydrogen-bond donors (Lipinski definition) is 2. The maximum Gasteiger partial charge on any atom is 0.253 e. The Morgan fingerprint density at radius 3 is 2.41 bits per heavy atom. The van der Waals surface area contributed by atoms with Crippen molar-refractivity contribution in [1.29, 1.82) is 0 Å². The van der Waals surface area contributed by atoms with Crippen molar-refractivity contribution < 1.29 is 23.8 Å². The lowest BCUT2D eigenvalue weighted by Gasteiger charge is -2.12. The van der Waals surface area contributed by atoms with E-state index in [2.05, 4.69) is 10.6 Å². The van der Waals surface area contributed by atoms with Gasteiger partial charge in [-0.15, -0.1) is 0 Å². The minimum Gasteiger partial charge on any atom is -0.493 e. The van der Waals surface area contributed by atoms with E-state index in [4.69, 9.17) is 14.2 Å². The Morgan fingerprint density at radius 2 is 1.70 bits per heavy atom. The topological polar surface area (TPSA) is 85.9 Å². The number of amides is 2. The lowest BCUT2D eigenvalue weighted by atomic mass is 10.1. The molecule has 27 heavy (non-hydrogen) atoms. The van der Waals surface area contributed by atoms with Crippen LogP contribution in [0.4, 0.5) is 5.69 Å². The predicted molar refractivity (Wildman–Crippen MR) is 103 cm³/mol. The van der Waals surface area contributed by atoms with Crippen molar-refractivity contribution in [2.75, 3.05) is 39.8 Å². The third-order valence-electron chi connectivity index (χ3n) is 3.87. The van der Waals surface area contributed by atoms with E-state index in [1.807, 2.05) is 18.2 Å². The molecule has 0 aliphatic heterocycles. The Kier molecular flexibility index (Phi) is 7.63. The Hall–Kier alpha value is -3.06. The molecule has 0 atom stereocenters. The molecule has 0 bridgehead atoms. The van der Waals surface area contributed by atoms with Gasteiger partial charge in [-0.1, -0.05) is 18.2 Å². The molecule has 2 rings (SSSR count). The van der Waals surface area contributed by atoms with Crippen molar-refractivity contribution in [3.8, 4) is 11.5 Å². The van der Waals surface area contributed by atoms with Crippen LogP contribution in [0.1, 0.15) is 15.9 Å². The van der Waals surface area contributed by atoms with Gasteiger partial charge in [0.05, 0.1) is 25.5 Å². The molecular formula is C20H24N2O5. The summed E-state index contributed by atoms with van der Waals surface area (Å²) in [6.07, 6.45) is 0.629. The van der Waals surface area contributed by atoms with Crippen molar-refractivity contribution >= 4 is 17.5 Å². The quantitative estimate of drug-likeness (QED) is 0.705. The van der Waals surface area contributed by atoms with Crippen molar-refractivity contribution in [2.24, 2.45) is 0 Å². The Bertz CT molecular complexity index is 792. The maximum absolute atomic E-state index is 12.5. The summed E-state index contributed by atoms with van der Waals surface area (Å²) in [7, 11) is 4.60. The summed E-state index contributed by atoms with van der Waals surface area (Å²) < 4.78 is 15.3. The molecule has 0 unspecified atom stereocenters. The minimum absolute atomic E-state index is 0.0742. The van der Waals surface area contributed by atoms with E-state index in [1.54, 1.807) is 38.5 Å². The summed E-state index contributed by atoms with van der Waals surface area (Å²) in [5, 5.41) is 5.54. The second-order valence-electron chi connectivity index (χ2n) is 5.72. The molecule has 2 N–H and O–H groups in total. The van der Waals surface area contributed by atoms with E-state index >= 15 is 0 Å². The SMILES string of the molecule is COCC(=O)Nc1ccccc1C(=O)NCCc1ccc(OC)c(OC)c1. The highest BCUT2D eigenvalue weighted by molar-refractivity contribution is 6.03. The van der Waals surface area contributed by atoms with Gasteiger partial charge in [-0.05, 0) is 36.2 Å². The first-order valence-electron chi connectivity index (χ1n) is 8.46. The smallest absolute Gasteiger partial charge is 0.253 e. The molecule has 7 nitrogen and oxygen atoms in total. The normalized spacial score (nSPS) is 10.2. The summed E-state index contributed by atoms with van der Waals surface area (Å²) in [5.41, 5.74) is 1.85. The molecule has 0 spiro atoms. The lowest BCUT2D eigenvalue weighted by molar-refractivity contribution is -0.119. The standard InChI is InChI=1S/C20H24N2O5/c1-25-13-19(23)22-16-7-5-4-6-15(16)20(24)21-11-10-14-8-9-17(26-2)18(12-14)27-3/h4-9,12H,10-11,13H2,1-3H3,(H,21,24)(H,22,23). The van der Waals surface area contributed by atoms with E-state index in [-0.39, 0.29) is 18.4 Å². The molecule has 0 saturated carbocycles. The van der Waals surface area contributed by atoms with Gasteiger partial charge in [-0.2, -0.15) is 0 Å². The second kappa shape index (κ2) is 10.2. The Balaban J connectivity index is 1.97. The van der Waals surface area contributed by atoms with Crippen molar-refractivity contribution in [3.63, 3.8) is 0 Å². The van der Waals surface area contributed by atoms with Crippen LogP contribution >= 0.6 is 0 Å². The molecule has 0 fully saturated rings. The molecule has 144 valence electrons. The van der Waals surface area contributed by atoms with Gasteiger partial charge in [0.15, 0.2) is 11.5 Å². The molecular weight excluding hydrogens is 348 g/mol. The van der Waals surface area contributed by atoms with Gasteiger partial charge >= 0.3 is 0 Å². The molecule has 0 aromatic heterocycles. The van der Waals surface area contributed by atoms with Crippen LogP contribution in [0.3, 0.4) is 0 Å². The fourth-order valence-electron chi connectivity index (χ4n) is 2.56. The van der Waals surface area contributed by atoms with Gasteiger partial charge in [0, 0.05) is 13.7 Å². The number of para-hydroxylation sites is 1. The molecule has 2 amide bonds. The molecule has 0 saturated heterocycles. The van der Waals surface area contributed by atoms with E-state index in [9.17, 15) is 9.59 Å². The van der Waals surface area contributed by atoms with Crippen molar-refractivity contribution in [2.45, 2.75) is 6.42 Å². The lowest BCUT2D eigenvalue weighted by Crippen LogP contribution is -2.27. The Labute approximate surface area is 158 Å². The Morgan fingerprint density at radius 1 is 0.963 bits per heavy atom. The summed E-state index contributed by atoms with van der Waals surface area (Å²) in [4.78, 5) is 24.2. The van der Waals surface area contributed by atoms with E-state index < -0.39 is 0 Å². The number of carbonyl (C=O) groups is 2. The van der Waals surface area contributed by atoms with Crippen molar-refractivity contribution in [1.82, 2.24) is 5.32 Å². The number of anilines is 1. The minimum atomic E-state index is -0.317. The van der Waals surface area contributed by atoms with Gasteiger partial charge in [0.2, 0.25) is 5.91 Å². The highest BCUT2D eigenvalue weighted by atomic mass is 16.5. The van der Waals surface area contributed by atoms with Gasteiger partial charge in [-0.25, -0.2) is 0 Å². The van der Waals surface area contributed by atoms with Gasteiger partial charge < -0.3 is 24.8 Å². The molecule has 0 radical (unpaired) electrons. The van der Waals surface area contributed by atoms with Crippen LogP contribution in [0.25, 0.3) is 0 Å². The van der Waals surface area contributed by atoms with Crippen LogP contribution in [0.5, 0.6) is 11.5 Å². The third kappa shape index (κ3) is 5.72. The zero-order valence-electron chi connectivity index (χ0n) is 15.7. The second-order valence-corrected chi connectivity index (χ2v) is 5.72. The fraction of sp³-hybridized carbons (Fsp3) is 0.300. The summed E-state index contributed by atoms with van der Waals surface area (Å²) in [6, 6.07) is 12.5. The average Bonchev–Trinajstić information content (AvgIpc) is 2.68. The summed E-state index contributed by atoms with van der Waals surface area (Å²) in [5.74, 6) is 0.727. The van der Waals surface area contributed by atoms with Gasteiger partial charge in [0.25, 0.3) is 5.91 Å². The predicted octanol–water partition coefficient (Wildman–Crippen LogP) is 2.26. The first-order valence-corrected chi connectivity index (χ1v) is 8.46. The van der Waals surface area contributed by atoms with E-state index in [1.165, 1.54) is 7.11 Å². The number of carbonyl (C=O) groups excluding carboxylic acids is 2. The molecule has 2 aromatic rings. The van der Waals surface area contributed by atoms with Crippen LogP contribution in [-0.2, 0) is 16.0 Å². The maximum atomic E-state index is 12.5. The number of hydrogen-bond acceptors (Lipinski definition) is 5. The van der Waals surface area contributed by atoms with E-state index in [0.29, 0.717) is 35.7 Å². The first kappa shape index (κ1) is 20.3. The highest BCUT2D eigenvalue weighted by Crippen LogP contribution is 2.27. The highest BCUT2D eigenvalue weighted by Gasteiger charge is 2.13. The summed E-state index contributed by atoms with van der Waals surface area (Å²) >= 11 is 0. The first-order chi connectivity index (χ1) is 13.1. The number of benzene rings is 2. The van der Waals surface area contributed by atoms with Gasteiger partial charge in [-0.3, -0.25) is 9.59 Å². The summed E-state index contributed by atoms with van der Waals surface area (Å²) in [6.45, 7) is 0.365. The van der Waals surface area contributed by atoms with Crippen molar-refractivity contribution in [3.05, 3.63) is 53.6 Å².